The van der Waals surface area contributed by atoms with Gasteiger partial charge in [0.1, 0.15) is 5.82 Å². The van der Waals surface area contributed by atoms with E-state index < -0.39 is 6.10 Å². The summed E-state index contributed by atoms with van der Waals surface area (Å²) in [4.78, 5) is 26.5. The van der Waals surface area contributed by atoms with Crippen molar-refractivity contribution < 1.29 is 15.0 Å². The quantitative estimate of drug-likeness (QED) is 0.521. The van der Waals surface area contributed by atoms with Crippen LogP contribution in [-0.2, 0) is 4.79 Å². The fraction of sp³-hybridized carbons (Fsp3) is 0.688. The zero-order valence-corrected chi connectivity index (χ0v) is 14.9. The minimum atomic E-state index is -0.804. The molecule has 0 saturated carbocycles. The molecule has 3 N–H and O–H groups in total. The summed E-state index contributed by atoms with van der Waals surface area (Å²) < 4.78 is 0. The molecule has 2 rings (SSSR count). The van der Waals surface area contributed by atoms with E-state index in [2.05, 4.69) is 25.1 Å². The van der Waals surface area contributed by atoms with Crippen molar-refractivity contribution in [1.29, 1.82) is 0 Å². The summed E-state index contributed by atoms with van der Waals surface area (Å²) in [6.07, 6.45) is 0.891. The first kappa shape index (κ1) is 19.4. The van der Waals surface area contributed by atoms with Crippen molar-refractivity contribution in [2.45, 2.75) is 13.0 Å². The lowest BCUT2D eigenvalue weighted by Gasteiger charge is -2.34. The summed E-state index contributed by atoms with van der Waals surface area (Å²) in [5.41, 5.74) is 0. The molecule has 1 aromatic rings. The lowest BCUT2D eigenvalue weighted by atomic mass is 10.3. The molecule has 1 aliphatic rings. The van der Waals surface area contributed by atoms with Crippen LogP contribution < -0.4 is 15.1 Å². The zero-order chi connectivity index (χ0) is 18.2. The van der Waals surface area contributed by atoms with Gasteiger partial charge in [-0.3, -0.25) is 9.69 Å². The summed E-state index contributed by atoms with van der Waals surface area (Å²) in [6.45, 7) is 6.08. The van der Waals surface area contributed by atoms with E-state index in [1.165, 1.54) is 0 Å². The van der Waals surface area contributed by atoms with Gasteiger partial charge in [-0.15, -0.1) is 0 Å². The van der Waals surface area contributed by atoms with Crippen molar-refractivity contribution in [1.82, 2.24) is 20.2 Å². The Morgan fingerprint density at radius 1 is 1.40 bits per heavy atom. The van der Waals surface area contributed by atoms with Gasteiger partial charge in [-0.05, 0) is 13.0 Å². The molecule has 0 spiro atoms. The van der Waals surface area contributed by atoms with Crippen LogP contribution in [0, 0.1) is 0 Å². The topological polar surface area (TPSA) is 105 Å². The number of aliphatic hydroxyl groups excluding tert-OH is 2. The van der Waals surface area contributed by atoms with E-state index in [4.69, 9.17) is 5.11 Å². The second-order valence-corrected chi connectivity index (χ2v) is 6.15. The second kappa shape index (κ2) is 9.50. The van der Waals surface area contributed by atoms with Crippen molar-refractivity contribution in [3.05, 3.63) is 12.3 Å². The number of nitrogens with one attached hydrogen (secondary N) is 1. The lowest BCUT2D eigenvalue weighted by molar-refractivity contribution is -0.122. The first-order chi connectivity index (χ1) is 12.0. The molecule has 1 unspecified atom stereocenters. The molecule has 1 fully saturated rings. The Hall–Kier alpha value is -1.97. The minimum absolute atomic E-state index is 0.0539. The number of carbonyl (C=O) groups is 1. The normalized spacial score (nSPS) is 16.6. The minimum Gasteiger partial charge on any atom is -0.394 e. The maximum atomic E-state index is 11.7. The molecule has 1 aromatic heterocycles. The zero-order valence-electron chi connectivity index (χ0n) is 14.9. The van der Waals surface area contributed by atoms with Gasteiger partial charge < -0.3 is 25.3 Å². The third-order valence-electron chi connectivity index (χ3n) is 4.11. The van der Waals surface area contributed by atoms with Crippen LogP contribution in [0.1, 0.15) is 6.92 Å². The number of carbonyl (C=O) groups excluding carboxylic acids is 1. The summed E-state index contributed by atoms with van der Waals surface area (Å²) >= 11 is 0. The van der Waals surface area contributed by atoms with Crippen molar-refractivity contribution >= 4 is 17.7 Å². The molecule has 1 aliphatic heterocycles. The van der Waals surface area contributed by atoms with Gasteiger partial charge >= 0.3 is 0 Å². The molecule has 0 bridgehead atoms. The smallest absolute Gasteiger partial charge is 0.234 e. The molecule has 9 nitrogen and oxygen atoms in total. The van der Waals surface area contributed by atoms with Crippen LogP contribution in [0.3, 0.4) is 0 Å². The van der Waals surface area contributed by atoms with Crippen molar-refractivity contribution in [3.63, 3.8) is 0 Å². The monoisotopic (exact) mass is 352 g/mol. The van der Waals surface area contributed by atoms with Crippen molar-refractivity contribution in [2.24, 2.45) is 0 Å². The van der Waals surface area contributed by atoms with Gasteiger partial charge in [0.05, 0.1) is 19.3 Å². The molecule has 2 heterocycles. The van der Waals surface area contributed by atoms with Crippen LogP contribution in [0.2, 0.25) is 0 Å². The number of likely N-dealkylation sites (N-methyl/N-ethyl adjacent to an activating group) is 2. The molecule has 0 radical (unpaired) electrons. The van der Waals surface area contributed by atoms with E-state index in [1.54, 1.807) is 17.2 Å². The van der Waals surface area contributed by atoms with Gasteiger partial charge in [0, 0.05) is 52.5 Å². The van der Waals surface area contributed by atoms with E-state index in [0.717, 1.165) is 26.2 Å². The van der Waals surface area contributed by atoms with E-state index in [0.29, 0.717) is 31.4 Å². The molecular weight excluding hydrogens is 324 g/mol. The molecule has 1 atom stereocenters. The summed E-state index contributed by atoms with van der Waals surface area (Å²) in [5, 5.41) is 21.3. The fourth-order valence-corrected chi connectivity index (χ4v) is 2.73. The van der Waals surface area contributed by atoms with Gasteiger partial charge in [0.15, 0.2) is 0 Å². The Balaban J connectivity index is 1.90. The lowest BCUT2D eigenvalue weighted by Crippen LogP contribution is -2.50. The van der Waals surface area contributed by atoms with E-state index in [9.17, 15) is 9.90 Å². The molecule has 0 aliphatic carbocycles. The molecule has 25 heavy (non-hydrogen) atoms. The highest BCUT2D eigenvalue weighted by atomic mass is 16.3. The second-order valence-electron chi connectivity index (χ2n) is 6.15. The number of nitrogens with zero attached hydrogens (tertiary/aromatic N) is 5. The number of rotatable bonds is 8. The number of aromatic nitrogens is 2. The van der Waals surface area contributed by atoms with Gasteiger partial charge in [-0.1, -0.05) is 0 Å². The van der Waals surface area contributed by atoms with Crippen LogP contribution in [0.25, 0.3) is 0 Å². The average Bonchev–Trinajstić information content (AvgIpc) is 2.62. The Kier molecular flexibility index (Phi) is 7.35. The Morgan fingerprint density at radius 3 is 2.76 bits per heavy atom. The predicted octanol–water partition coefficient (Wildman–Crippen LogP) is -1.48. The maximum absolute atomic E-state index is 11.7. The molecular formula is C16H28N6O3. The SMILES string of the molecule is CCNC(=O)CN1CCN(c2nccc(N(C)CC(O)CO)n2)CC1. The van der Waals surface area contributed by atoms with Crippen LogP contribution in [0.4, 0.5) is 11.8 Å². The fourth-order valence-electron chi connectivity index (χ4n) is 2.73. The summed E-state index contributed by atoms with van der Waals surface area (Å²) in [7, 11) is 1.81. The number of piperazine rings is 1. The first-order valence-electron chi connectivity index (χ1n) is 8.60. The molecule has 140 valence electrons. The molecule has 9 heteroatoms. The van der Waals surface area contributed by atoms with Gasteiger partial charge in [-0.2, -0.15) is 4.98 Å². The maximum Gasteiger partial charge on any atom is 0.234 e. The number of amides is 1. The third kappa shape index (κ3) is 5.80. The molecule has 1 amide bonds. The predicted molar refractivity (Wildman–Crippen MR) is 95.7 cm³/mol. The third-order valence-corrected chi connectivity index (χ3v) is 4.11. The highest BCUT2D eigenvalue weighted by molar-refractivity contribution is 5.77. The first-order valence-corrected chi connectivity index (χ1v) is 8.60. The number of hydrogen-bond acceptors (Lipinski definition) is 8. The van der Waals surface area contributed by atoms with E-state index >= 15 is 0 Å². The average molecular weight is 352 g/mol. The number of hydrogen-bond donors (Lipinski definition) is 3. The van der Waals surface area contributed by atoms with Crippen LogP contribution >= 0.6 is 0 Å². The van der Waals surface area contributed by atoms with Gasteiger partial charge in [-0.25, -0.2) is 4.98 Å². The van der Waals surface area contributed by atoms with Gasteiger partial charge in [0.2, 0.25) is 11.9 Å². The standard InChI is InChI=1S/C16H28N6O3/c1-3-17-15(25)11-21-6-8-22(9-7-21)16-18-5-4-14(19-16)20(2)10-13(24)12-23/h4-5,13,23-24H,3,6-12H2,1-2H3,(H,17,25). The molecule has 0 aromatic carbocycles. The Bertz CT molecular complexity index is 550. The van der Waals surface area contributed by atoms with Crippen LogP contribution in [-0.4, -0.2) is 96.6 Å². The largest absolute Gasteiger partial charge is 0.394 e. The van der Waals surface area contributed by atoms with Crippen molar-refractivity contribution in [3.8, 4) is 0 Å². The van der Waals surface area contributed by atoms with Crippen LogP contribution in [0.5, 0.6) is 0 Å². The van der Waals surface area contributed by atoms with Crippen LogP contribution in [0.15, 0.2) is 12.3 Å². The Morgan fingerprint density at radius 2 is 2.12 bits per heavy atom. The van der Waals surface area contributed by atoms with E-state index in [1.807, 2.05) is 14.0 Å². The summed E-state index contributed by atoms with van der Waals surface area (Å²) in [6, 6.07) is 1.78. The Labute approximate surface area is 148 Å². The van der Waals surface area contributed by atoms with Crippen molar-refractivity contribution in [2.75, 3.05) is 69.3 Å². The van der Waals surface area contributed by atoms with Gasteiger partial charge in [0.25, 0.3) is 0 Å². The van der Waals surface area contributed by atoms with E-state index in [-0.39, 0.29) is 12.5 Å². The summed E-state index contributed by atoms with van der Waals surface area (Å²) in [5.74, 6) is 1.39. The highest BCUT2D eigenvalue weighted by Gasteiger charge is 2.21. The molecule has 1 saturated heterocycles. The number of aliphatic hydroxyl groups is 2. The number of anilines is 2. The highest BCUT2D eigenvalue weighted by Crippen LogP contribution is 2.15.